The Hall–Kier alpha value is -6.51. The third-order valence-electron chi connectivity index (χ3n) is 10.8. The van der Waals surface area contributed by atoms with Gasteiger partial charge >= 0.3 is 0 Å². The molecule has 2 aliphatic rings. The van der Waals surface area contributed by atoms with E-state index in [1.807, 2.05) is 12.2 Å². The number of hydrogen-bond donors (Lipinski definition) is 0. The Kier molecular flexibility index (Phi) is 10.5. The summed E-state index contributed by atoms with van der Waals surface area (Å²) in [6.45, 7) is 13.0. The van der Waals surface area contributed by atoms with Crippen LogP contribution in [0.3, 0.4) is 0 Å². The summed E-state index contributed by atoms with van der Waals surface area (Å²) < 4.78 is 2.28. The Morgan fingerprint density at radius 3 is 2.24 bits per heavy atom. The fourth-order valence-electron chi connectivity index (χ4n) is 8.01. The van der Waals surface area contributed by atoms with Crippen LogP contribution in [0.15, 0.2) is 207 Å². The second kappa shape index (κ2) is 16.2. The van der Waals surface area contributed by atoms with Gasteiger partial charge in [0, 0.05) is 23.1 Å². The topological polar surface area (TPSA) is 17.8 Å². The van der Waals surface area contributed by atoms with Crippen molar-refractivity contribution in [2.75, 3.05) is 0 Å². The van der Waals surface area contributed by atoms with Gasteiger partial charge in [-0.25, -0.2) is 4.98 Å². The van der Waals surface area contributed by atoms with Crippen LogP contribution in [0, 0.1) is 11.8 Å². The molecule has 0 amide bonds. The number of aryl methyl sites for hydroxylation is 1. The minimum Gasteiger partial charge on any atom is -0.292 e. The first-order valence-corrected chi connectivity index (χ1v) is 19.4. The lowest BCUT2D eigenvalue weighted by Crippen LogP contribution is -2.31. The molecule has 0 spiro atoms. The van der Waals surface area contributed by atoms with E-state index in [4.69, 9.17) is 11.6 Å². The molecule has 0 saturated heterocycles. The molecular weight excluding hydrogens is 665 g/mol. The molecule has 5 aromatic carbocycles. The molecule has 2 unspecified atom stereocenters. The minimum atomic E-state index is 0.131. The van der Waals surface area contributed by atoms with Crippen LogP contribution in [-0.4, -0.2) is 9.55 Å². The molecule has 2 heteroatoms. The van der Waals surface area contributed by atoms with Crippen molar-refractivity contribution in [1.29, 1.82) is 0 Å². The zero-order valence-electron chi connectivity index (χ0n) is 31.3. The van der Waals surface area contributed by atoms with Crippen LogP contribution < -0.4 is 10.4 Å². The minimum absolute atomic E-state index is 0.131. The van der Waals surface area contributed by atoms with Gasteiger partial charge < -0.3 is 0 Å². The summed E-state index contributed by atoms with van der Waals surface area (Å²) in [6.07, 6.45) is 25.7. The lowest BCUT2D eigenvalue weighted by atomic mass is 9.79. The van der Waals surface area contributed by atoms with Crippen molar-refractivity contribution in [1.82, 2.24) is 9.55 Å². The molecule has 0 N–H and O–H groups in total. The second-order valence-corrected chi connectivity index (χ2v) is 14.3. The predicted octanol–water partition coefficient (Wildman–Crippen LogP) is 11.8. The van der Waals surface area contributed by atoms with E-state index >= 15 is 0 Å². The molecule has 0 aliphatic heterocycles. The largest absolute Gasteiger partial charge is 0.292 e. The smallest absolute Gasteiger partial charge is 0.145 e. The number of hydrogen-bond acceptors (Lipinski definition) is 1. The lowest BCUT2D eigenvalue weighted by Gasteiger charge is -2.25. The van der Waals surface area contributed by atoms with Crippen molar-refractivity contribution in [2.24, 2.45) is 11.8 Å². The average Bonchev–Trinajstić information content (AvgIpc) is 3.64. The van der Waals surface area contributed by atoms with Crippen molar-refractivity contribution in [3.05, 3.63) is 229 Å². The predicted molar refractivity (Wildman–Crippen MR) is 234 cm³/mol. The zero-order chi connectivity index (χ0) is 37.6. The fraction of sp³-hybridized carbons (Fsp3) is 0.113. The first-order valence-electron chi connectivity index (χ1n) is 19.4. The first kappa shape index (κ1) is 35.5. The highest BCUT2D eigenvalue weighted by molar-refractivity contribution is 5.85. The van der Waals surface area contributed by atoms with Crippen LogP contribution in [-0.2, 0) is 6.42 Å². The maximum Gasteiger partial charge on any atom is 0.145 e. The Balaban J connectivity index is 1.36. The van der Waals surface area contributed by atoms with Gasteiger partial charge in [0.1, 0.15) is 5.82 Å². The molecule has 6 aromatic rings. The molecule has 2 atom stereocenters. The number of rotatable bonds is 10. The number of para-hydroxylation sites is 3. The number of nitrogens with zero attached hydrogens (tertiary/aromatic N) is 2. The number of imidazole rings is 1. The number of benzene rings is 5. The van der Waals surface area contributed by atoms with E-state index in [-0.39, 0.29) is 11.8 Å². The number of fused-ring (bicyclic) bond motifs is 2. The van der Waals surface area contributed by atoms with Crippen molar-refractivity contribution < 1.29 is 0 Å². The number of allylic oxidation sites excluding steroid dienone is 11. The Labute approximate surface area is 325 Å². The quantitative estimate of drug-likeness (QED) is 0.129. The Morgan fingerprint density at radius 2 is 1.44 bits per heavy atom. The molecule has 0 saturated carbocycles. The van der Waals surface area contributed by atoms with E-state index in [1.54, 1.807) is 0 Å². The Bertz CT molecular complexity index is 2640. The summed E-state index contributed by atoms with van der Waals surface area (Å²) in [5.41, 5.74) is 12.6. The average molecular weight is 711 g/mol. The monoisotopic (exact) mass is 710 g/mol. The molecule has 0 fully saturated rings. The highest BCUT2D eigenvalue weighted by atomic mass is 15.1. The van der Waals surface area contributed by atoms with Crippen molar-refractivity contribution in [2.45, 2.75) is 25.7 Å². The van der Waals surface area contributed by atoms with Gasteiger partial charge in [0.05, 0.1) is 11.0 Å². The van der Waals surface area contributed by atoms with Crippen LogP contribution in [0.1, 0.15) is 30.4 Å². The van der Waals surface area contributed by atoms with E-state index in [0.29, 0.717) is 0 Å². The lowest BCUT2D eigenvalue weighted by molar-refractivity contribution is 0.650. The van der Waals surface area contributed by atoms with Gasteiger partial charge in [-0.1, -0.05) is 152 Å². The maximum atomic E-state index is 5.19. The van der Waals surface area contributed by atoms with Gasteiger partial charge in [-0.15, -0.1) is 13.2 Å². The highest BCUT2D eigenvalue weighted by Gasteiger charge is 2.22. The van der Waals surface area contributed by atoms with Gasteiger partial charge in [0.2, 0.25) is 0 Å². The summed E-state index contributed by atoms with van der Waals surface area (Å²) in [5, 5.41) is 2.37. The molecule has 268 valence electrons. The summed E-state index contributed by atoms with van der Waals surface area (Å²) in [6, 6.07) is 43.6. The third kappa shape index (κ3) is 7.24. The van der Waals surface area contributed by atoms with Crippen molar-refractivity contribution in [3.8, 4) is 28.2 Å². The molecule has 1 aromatic heterocycles. The maximum absolute atomic E-state index is 5.19. The first-order chi connectivity index (χ1) is 27.1. The summed E-state index contributed by atoms with van der Waals surface area (Å²) in [4.78, 5) is 5.19. The molecule has 55 heavy (non-hydrogen) atoms. The molecule has 0 radical (unpaired) electrons. The molecule has 8 rings (SSSR count). The van der Waals surface area contributed by atoms with Crippen LogP contribution in [0.25, 0.3) is 50.4 Å². The summed E-state index contributed by atoms with van der Waals surface area (Å²) in [7, 11) is 0. The van der Waals surface area contributed by atoms with Gasteiger partial charge in [-0.05, 0) is 111 Å². The standard InChI is InChI=1S/C53H46N2/c1-4-6-21-41-36-43(53-54-51-30-19-20-31-52(51)55(53)44-25-13-10-14-26-44)33-34-47(41)42-32-35-49-46(38(3)45-27-18-17-22-39(45)5-2)28-15-7-8-16-29-48(50(49)37-42)40-23-11-9-12-24-40/h4-5,9-20,22-37,39,45H,1-3,6-8,21H2/b28-15+,29-16+,49-46?,50-48?. The van der Waals surface area contributed by atoms with E-state index in [0.717, 1.165) is 59.4 Å². The summed E-state index contributed by atoms with van der Waals surface area (Å²) in [5.74, 6) is 1.25. The Morgan fingerprint density at radius 1 is 0.709 bits per heavy atom. The van der Waals surface area contributed by atoms with Crippen LogP contribution in [0.2, 0.25) is 0 Å². The molecule has 1 heterocycles. The second-order valence-electron chi connectivity index (χ2n) is 14.3. The van der Waals surface area contributed by atoms with E-state index in [1.165, 1.54) is 43.8 Å². The van der Waals surface area contributed by atoms with Gasteiger partial charge in [-0.2, -0.15) is 0 Å². The van der Waals surface area contributed by atoms with Crippen molar-refractivity contribution in [3.63, 3.8) is 0 Å². The molecule has 0 bridgehead atoms. The van der Waals surface area contributed by atoms with Crippen LogP contribution >= 0.6 is 0 Å². The van der Waals surface area contributed by atoms with Gasteiger partial charge in [0.25, 0.3) is 0 Å². The normalized spacial score (nSPS) is 17.7. The number of aromatic nitrogens is 2. The van der Waals surface area contributed by atoms with Crippen molar-refractivity contribution >= 4 is 22.2 Å². The van der Waals surface area contributed by atoms with Crippen LogP contribution in [0.5, 0.6) is 0 Å². The van der Waals surface area contributed by atoms with E-state index in [9.17, 15) is 0 Å². The highest BCUT2D eigenvalue weighted by Crippen LogP contribution is 2.35. The van der Waals surface area contributed by atoms with E-state index < -0.39 is 0 Å². The SMILES string of the molecule is C=CCCc1cc(-c2nc3ccccc3n2-c2ccccc2)ccc1-c1ccc2c(c1)=C(c1ccccc1)/C=C/CC/C=C/C=2C(=C)C1C=CC=CC1C=C. The molecule has 2 nitrogen and oxygen atoms in total. The van der Waals surface area contributed by atoms with Crippen LogP contribution in [0.4, 0.5) is 0 Å². The molecule has 2 aliphatic carbocycles. The summed E-state index contributed by atoms with van der Waals surface area (Å²) >= 11 is 0. The van der Waals surface area contributed by atoms with Gasteiger partial charge in [-0.3, -0.25) is 4.57 Å². The fourth-order valence-corrected chi connectivity index (χ4v) is 8.01. The van der Waals surface area contributed by atoms with E-state index in [2.05, 4.69) is 188 Å². The molecular formula is C53H46N2. The zero-order valence-corrected chi connectivity index (χ0v) is 31.3. The van der Waals surface area contributed by atoms with Gasteiger partial charge in [0.15, 0.2) is 0 Å². The third-order valence-corrected chi connectivity index (χ3v) is 10.8.